The van der Waals surface area contributed by atoms with Gasteiger partial charge in [-0.25, -0.2) is 0 Å². The molecule has 1 fully saturated rings. The molecular formula is C57H95NO8. The van der Waals surface area contributed by atoms with E-state index in [1.807, 2.05) is 0 Å². The van der Waals surface area contributed by atoms with E-state index in [1.165, 1.54) is 57.8 Å². The van der Waals surface area contributed by atoms with Crippen LogP contribution in [0.15, 0.2) is 109 Å². The third kappa shape index (κ3) is 35.1. The van der Waals surface area contributed by atoms with E-state index in [0.29, 0.717) is 12.8 Å². The molecule has 0 aliphatic carbocycles. The van der Waals surface area contributed by atoms with Crippen LogP contribution in [-0.4, -0.2) is 87.5 Å². The van der Waals surface area contributed by atoms with Crippen molar-refractivity contribution in [2.75, 3.05) is 13.2 Å². The molecule has 7 unspecified atom stereocenters. The van der Waals surface area contributed by atoms with E-state index in [-0.39, 0.29) is 12.5 Å². The van der Waals surface area contributed by atoms with Crippen LogP contribution in [0, 0.1) is 0 Å². The maximum absolute atomic E-state index is 13.0. The summed E-state index contributed by atoms with van der Waals surface area (Å²) in [6.07, 6.45) is 59.6. The van der Waals surface area contributed by atoms with Crippen molar-refractivity contribution in [1.82, 2.24) is 5.32 Å². The minimum absolute atomic E-state index is 0.159. The molecule has 0 spiro atoms. The number of rotatable bonds is 42. The van der Waals surface area contributed by atoms with Crippen molar-refractivity contribution in [2.24, 2.45) is 0 Å². The van der Waals surface area contributed by atoms with E-state index in [0.717, 1.165) is 103 Å². The average molecular weight is 922 g/mol. The maximum Gasteiger partial charge on any atom is 0.220 e. The number of amides is 1. The second-order valence-electron chi connectivity index (χ2n) is 17.6. The Kier molecular flexibility index (Phi) is 42.1. The van der Waals surface area contributed by atoms with Crippen molar-refractivity contribution in [3.63, 3.8) is 0 Å². The lowest BCUT2D eigenvalue weighted by atomic mass is 9.99. The Morgan fingerprint density at radius 3 is 1.38 bits per heavy atom. The van der Waals surface area contributed by atoms with Gasteiger partial charge in [-0.2, -0.15) is 0 Å². The highest BCUT2D eigenvalue weighted by Gasteiger charge is 2.44. The zero-order chi connectivity index (χ0) is 48.0. The van der Waals surface area contributed by atoms with Crippen LogP contribution in [-0.2, 0) is 14.3 Å². The Morgan fingerprint density at radius 2 is 0.939 bits per heavy atom. The van der Waals surface area contributed by atoms with Crippen molar-refractivity contribution in [3.05, 3.63) is 109 Å². The van der Waals surface area contributed by atoms with E-state index >= 15 is 0 Å². The topological polar surface area (TPSA) is 149 Å². The number of aliphatic hydroxyl groups is 5. The molecule has 9 nitrogen and oxygen atoms in total. The number of hydrogen-bond donors (Lipinski definition) is 6. The summed E-state index contributed by atoms with van der Waals surface area (Å²) in [5.41, 5.74) is 0. The van der Waals surface area contributed by atoms with Crippen molar-refractivity contribution in [1.29, 1.82) is 0 Å². The number of carbonyl (C=O) groups is 1. The van der Waals surface area contributed by atoms with Crippen LogP contribution in [0.2, 0.25) is 0 Å². The predicted molar refractivity (Wildman–Crippen MR) is 276 cm³/mol. The molecule has 0 saturated carbocycles. The molecule has 0 aromatic rings. The summed E-state index contributed by atoms with van der Waals surface area (Å²) < 4.78 is 11.2. The lowest BCUT2D eigenvalue weighted by Gasteiger charge is -2.40. The van der Waals surface area contributed by atoms with Crippen LogP contribution in [0.1, 0.15) is 187 Å². The number of allylic oxidation sites excluding steroid dienone is 18. The first-order valence-corrected chi connectivity index (χ1v) is 26.1. The molecule has 1 heterocycles. The number of unbranched alkanes of at least 4 members (excludes halogenated alkanes) is 14. The molecule has 1 saturated heterocycles. The summed E-state index contributed by atoms with van der Waals surface area (Å²) in [6, 6.07) is -0.744. The van der Waals surface area contributed by atoms with Gasteiger partial charge in [-0.05, 0) is 83.5 Å². The van der Waals surface area contributed by atoms with Gasteiger partial charge in [0.2, 0.25) is 5.91 Å². The van der Waals surface area contributed by atoms with Gasteiger partial charge in [0.05, 0.1) is 25.4 Å². The molecule has 1 rings (SSSR count). The predicted octanol–water partition coefficient (Wildman–Crippen LogP) is 12.2. The molecule has 376 valence electrons. The number of carbonyl (C=O) groups excluding carboxylic acids is 1. The number of nitrogens with one attached hydrogen (secondary N) is 1. The van der Waals surface area contributed by atoms with Crippen LogP contribution >= 0.6 is 0 Å². The van der Waals surface area contributed by atoms with Gasteiger partial charge in [-0.3, -0.25) is 4.79 Å². The van der Waals surface area contributed by atoms with E-state index in [1.54, 1.807) is 0 Å². The van der Waals surface area contributed by atoms with Crippen molar-refractivity contribution in [3.8, 4) is 0 Å². The summed E-state index contributed by atoms with van der Waals surface area (Å²) in [6.45, 7) is 3.67. The van der Waals surface area contributed by atoms with Gasteiger partial charge in [-0.15, -0.1) is 0 Å². The fourth-order valence-electron chi connectivity index (χ4n) is 7.50. The van der Waals surface area contributed by atoms with Crippen LogP contribution in [0.5, 0.6) is 0 Å². The molecule has 7 atom stereocenters. The van der Waals surface area contributed by atoms with Crippen LogP contribution in [0.3, 0.4) is 0 Å². The van der Waals surface area contributed by atoms with E-state index in [9.17, 15) is 30.3 Å². The van der Waals surface area contributed by atoms with E-state index in [4.69, 9.17) is 9.47 Å². The standard InChI is InChI=1S/C57H95NO8/c1-3-5-7-9-11-13-15-17-18-19-20-21-22-23-24-25-26-27-28-29-30-31-32-33-34-35-37-39-41-43-45-47-53(61)58-50(49-65-57-56(64)55(63)54(62)52(48-59)66-57)51(60)46-44-42-40-38-36-16-14-12-10-8-6-4-2/h5,7,11,13,17-18,20-21,23-24,26-27,29-30,32-33,35,37,50-52,54-57,59-60,62-64H,3-4,6,8-10,12,14-16,19,22,25,28,31,34,36,38-49H2,1-2H3,(H,58,61)/b7-5-,13-11-,18-17-,21-20-,24-23-,27-26-,30-29-,33-32-,37-35-. The summed E-state index contributed by atoms with van der Waals surface area (Å²) in [5.74, 6) is -0.182. The first kappa shape index (κ1) is 60.9. The van der Waals surface area contributed by atoms with Crippen molar-refractivity contribution in [2.45, 2.75) is 230 Å². The second-order valence-corrected chi connectivity index (χ2v) is 17.6. The van der Waals surface area contributed by atoms with Crippen molar-refractivity contribution >= 4 is 5.91 Å². The molecule has 0 aromatic heterocycles. The zero-order valence-corrected chi connectivity index (χ0v) is 41.4. The Bertz CT molecular complexity index is 1390. The summed E-state index contributed by atoms with van der Waals surface area (Å²) in [5, 5.41) is 54.4. The Labute approximate surface area is 402 Å². The average Bonchev–Trinajstić information content (AvgIpc) is 3.32. The lowest BCUT2D eigenvalue weighted by Crippen LogP contribution is -2.60. The lowest BCUT2D eigenvalue weighted by molar-refractivity contribution is -0.302. The summed E-state index contributed by atoms with van der Waals surface area (Å²) in [4.78, 5) is 13.0. The smallest absolute Gasteiger partial charge is 0.220 e. The van der Waals surface area contributed by atoms with E-state index < -0.39 is 49.5 Å². The zero-order valence-electron chi connectivity index (χ0n) is 41.4. The normalized spacial score (nSPS) is 20.7. The minimum Gasteiger partial charge on any atom is -0.394 e. The molecule has 0 bridgehead atoms. The molecule has 9 heteroatoms. The van der Waals surface area contributed by atoms with Gasteiger partial charge in [-0.1, -0.05) is 207 Å². The Hall–Kier alpha value is -3.15. The third-order valence-electron chi connectivity index (χ3n) is 11.6. The first-order chi connectivity index (χ1) is 32.3. The van der Waals surface area contributed by atoms with E-state index in [2.05, 4.69) is 129 Å². The molecule has 6 N–H and O–H groups in total. The monoisotopic (exact) mass is 922 g/mol. The maximum atomic E-state index is 13.0. The highest BCUT2D eigenvalue weighted by atomic mass is 16.7. The van der Waals surface area contributed by atoms with Gasteiger partial charge >= 0.3 is 0 Å². The Balaban J connectivity index is 2.26. The molecule has 1 amide bonds. The largest absolute Gasteiger partial charge is 0.394 e. The van der Waals surface area contributed by atoms with Gasteiger partial charge in [0.15, 0.2) is 6.29 Å². The van der Waals surface area contributed by atoms with Gasteiger partial charge in [0.1, 0.15) is 24.4 Å². The fourth-order valence-corrected chi connectivity index (χ4v) is 7.50. The first-order valence-electron chi connectivity index (χ1n) is 26.1. The third-order valence-corrected chi connectivity index (χ3v) is 11.6. The van der Waals surface area contributed by atoms with Crippen LogP contribution in [0.4, 0.5) is 0 Å². The number of hydrogen-bond acceptors (Lipinski definition) is 8. The van der Waals surface area contributed by atoms with Gasteiger partial charge in [0.25, 0.3) is 0 Å². The second kappa shape index (κ2) is 45.6. The minimum atomic E-state index is -1.57. The van der Waals surface area contributed by atoms with Crippen molar-refractivity contribution < 1.29 is 39.8 Å². The molecule has 0 aromatic carbocycles. The quantitative estimate of drug-likeness (QED) is 0.0262. The summed E-state index contributed by atoms with van der Waals surface area (Å²) in [7, 11) is 0. The molecule has 0 radical (unpaired) electrons. The van der Waals surface area contributed by atoms with Crippen LogP contribution < -0.4 is 5.32 Å². The fraction of sp³-hybridized carbons (Fsp3) is 0.667. The number of ether oxygens (including phenoxy) is 2. The molecule has 66 heavy (non-hydrogen) atoms. The molecular weight excluding hydrogens is 827 g/mol. The molecule has 1 aliphatic rings. The summed E-state index contributed by atoms with van der Waals surface area (Å²) >= 11 is 0. The SMILES string of the molecule is CC/C=C\C/C=C\C/C=C\C/C=C\C/C=C\C/C=C\C/C=C\C/C=C\C/C=C\CCCCCC(=O)NC(COC1OC(CO)C(O)C(O)C1O)C(O)CCCCCCCCCCCCCC. The van der Waals surface area contributed by atoms with Crippen LogP contribution in [0.25, 0.3) is 0 Å². The highest BCUT2D eigenvalue weighted by molar-refractivity contribution is 5.76. The van der Waals surface area contributed by atoms with Gasteiger partial charge in [0, 0.05) is 6.42 Å². The highest BCUT2D eigenvalue weighted by Crippen LogP contribution is 2.23. The Morgan fingerprint density at radius 1 is 0.530 bits per heavy atom. The molecule has 1 aliphatic heterocycles. The number of aliphatic hydroxyl groups excluding tert-OH is 5. The van der Waals surface area contributed by atoms with Gasteiger partial charge < -0.3 is 40.3 Å².